The number of hydrogen-bond donors (Lipinski definition) is 0. The van der Waals surface area contributed by atoms with Gasteiger partial charge in [0.15, 0.2) is 23.7 Å². The minimum absolute atomic E-state index is 0.0525. The van der Waals surface area contributed by atoms with Crippen molar-refractivity contribution in [1.29, 1.82) is 0 Å². The summed E-state index contributed by atoms with van der Waals surface area (Å²) in [6.07, 6.45) is 3.12. The van der Waals surface area contributed by atoms with E-state index in [2.05, 4.69) is 25.9 Å². The van der Waals surface area contributed by atoms with E-state index >= 15 is 0 Å². The number of likely N-dealkylation sites (N-methyl/N-ethyl adjacent to an activating group) is 1. The summed E-state index contributed by atoms with van der Waals surface area (Å²) in [6, 6.07) is 5.42. The fraction of sp³-hybridized carbons (Fsp3) is 0.333. The molecular weight excluding hydrogens is 439 g/mol. The summed E-state index contributed by atoms with van der Waals surface area (Å²) in [7, 11) is 1.80. The van der Waals surface area contributed by atoms with E-state index in [0.717, 1.165) is 12.0 Å². The maximum atomic E-state index is 13.2. The number of carbonyl (C=O) groups is 2. The number of Topliss-reactive ketones (excluding diaryl/α,β-unsaturated/α-hetero) is 1. The minimum atomic E-state index is -0.779. The second-order valence-corrected chi connectivity index (χ2v) is 7.91. The molecule has 0 saturated heterocycles. The summed E-state index contributed by atoms with van der Waals surface area (Å²) in [5.41, 5.74) is 2.49. The number of nitrogens with zero attached hydrogens (tertiary/aromatic N) is 4. The third kappa shape index (κ3) is 3.81. The number of hydrogen-bond acceptors (Lipinski definition) is 6. The molecule has 0 saturated carbocycles. The number of ketones is 1. The lowest BCUT2D eigenvalue weighted by Crippen LogP contribution is -2.40. The van der Waals surface area contributed by atoms with Gasteiger partial charge in [0, 0.05) is 24.4 Å². The number of halogens is 2. The van der Waals surface area contributed by atoms with Gasteiger partial charge < -0.3 is 9.80 Å². The van der Waals surface area contributed by atoms with Crippen molar-refractivity contribution in [3.8, 4) is 0 Å². The Balaban J connectivity index is 2.05. The van der Waals surface area contributed by atoms with Crippen LogP contribution in [0.2, 0.25) is 0 Å². The lowest BCUT2D eigenvalue weighted by molar-refractivity contribution is -0.105. The maximum absolute atomic E-state index is 13.2. The van der Waals surface area contributed by atoms with Crippen molar-refractivity contribution in [2.45, 2.75) is 38.1 Å². The van der Waals surface area contributed by atoms with Crippen LogP contribution < -0.4 is 9.80 Å². The Morgan fingerprint density at radius 3 is 2.48 bits per heavy atom. The second kappa shape index (κ2) is 8.41. The number of rotatable bonds is 6. The SMILES string of the molecule is CCC1=C(C=O)N(C)c2cnc(C(Br)C(=O)c3ccc(F)cc3)nc2N1C(C)C. The van der Waals surface area contributed by atoms with Crippen LogP contribution in [0.15, 0.2) is 41.9 Å². The van der Waals surface area contributed by atoms with Gasteiger partial charge in [0.05, 0.1) is 6.20 Å². The molecule has 1 unspecified atom stereocenters. The molecule has 6 nitrogen and oxygen atoms in total. The first-order valence-electron chi connectivity index (χ1n) is 9.32. The fourth-order valence-corrected chi connectivity index (χ4v) is 3.91. The molecule has 0 fully saturated rings. The van der Waals surface area contributed by atoms with Gasteiger partial charge in [-0.1, -0.05) is 22.9 Å². The Hall–Kier alpha value is -2.61. The van der Waals surface area contributed by atoms with Gasteiger partial charge in [-0.25, -0.2) is 14.4 Å². The highest BCUT2D eigenvalue weighted by Crippen LogP contribution is 2.40. The van der Waals surface area contributed by atoms with Gasteiger partial charge in [0.25, 0.3) is 0 Å². The average Bonchev–Trinajstić information content (AvgIpc) is 2.72. The summed E-state index contributed by atoms with van der Waals surface area (Å²) in [5.74, 6) is 0.289. The first-order chi connectivity index (χ1) is 13.8. The molecule has 1 atom stereocenters. The zero-order valence-electron chi connectivity index (χ0n) is 16.7. The van der Waals surface area contributed by atoms with Gasteiger partial charge in [0.1, 0.15) is 22.0 Å². The van der Waals surface area contributed by atoms with E-state index in [0.29, 0.717) is 35.0 Å². The van der Waals surface area contributed by atoms with Crippen molar-refractivity contribution in [1.82, 2.24) is 9.97 Å². The summed E-state index contributed by atoms with van der Waals surface area (Å²) < 4.78 is 13.2. The predicted octanol–water partition coefficient (Wildman–Crippen LogP) is 4.42. The Kier molecular flexibility index (Phi) is 6.12. The van der Waals surface area contributed by atoms with Crippen molar-refractivity contribution in [3.63, 3.8) is 0 Å². The first-order valence-corrected chi connectivity index (χ1v) is 10.2. The molecule has 0 bridgehead atoms. The van der Waals surface area contributed by atoms with Gasteiger partial charge in [-0.05, 0) is 44.5 Å². The summed E-state index contributed by atoms with van der Waals surface area (Å²) in [6.45, 7) is 6.02. The zero-order chi connectivity index (χ0) is 21.3. The fourth-order valence-electron chi connectivity index (χ4n) is 3.42. The van der Waals surface area contributed by atoms with Crippen molar-refractivity contribution < 1.29 is 14.0 Å². The van der Waals surface area contributed by atoms with Crippen LogP contribution in [0.4, 0.5) is 15.9 Å². The Morgan fingerprint density at radius 2 is 1.93 bits per heavy atom. The summed E-state index contributed by atoms with van der Waals surface area (Å²) >= 11 is 3.40. The number of aromatic nitrogens is 2. The van der Waals surface area contributed by atoms with Crippen LogP contribution in [-0.4, -0.2) is 35.1 Å². The number of anilines is 2. The van der Waals surface area contributed by atoms with E-state index in [4.69, 9.17) is 0 Å². The molecule has 152 valence electrons. The van der Waals surface area contributed by atoms with Crippen LogP contribution in [0.5, 0.6) is 0 Å². The van der Waals surface area contributed by atoms with Gasteiger partial charge >= 0.3 is 0 Å². The van der Waals surface area contributed by atoms with E-state index in [1.807, 2.05) is 25.7 Å². The van der Waals surface area contributed by atoms with Gasteiger partial charge in [0.2, 0.25) is 0 Å². The van der Waals surface area contributed by atoms with E-state index in [-0.39, 0.29) is 11.8 Å². The normalized spacial score (nSPS) is 14.9. The highest BCUT2D eigenvalue weighted by Gasteiger charge is 2.33. The molecular formula is C21H22BrFN4O2. The number of aldehydes is 1. The molecule has 1 aliphatic heterocycles. The summed E-state index contributed by atoms with van der Waals surface area (Å²) in [5, 5.41) is 0. The van der Waals surface area contributed by atoms with Crippen LogP contribution in [0, 0.1) is 5.82 Å². The van der Waals surface area contributed by atoms with E-state index in [1.54, 1.807) is 18.1 Å². The number of alkyl halides is 1. The molecule has 1 aliphatic rings. The van der Waals surface area contributed by atoms with Gasteiger partial charge in [-0.3, -0.25) is 9.59 Å². The lowest BCUT2D eigenvalue weighted by Gasteiger charge is -2.40. The molecule has 8 heteroatoms. The minimum Gasteiger partial charge on any atom is -0.336 e. The zero-order valence-corrected chi connectivity index (χ0v) is 18.3. The smallest absolute Gasteiger partial charge is 0.184 e. The highest BCUT2D eigenvalue weighted by atomic mass is 79.9. The van der Waals surface area contributed by atoms with Crippen molar-refractivity contribution >= 4 is 39.5 Å². The molecule has 0 radical (unpaired) electrons. The third-order valence-corrected chi connectivity index (χ3v) is 5.68. The molecule has 3 rings (SSSR count). The Labute approximate surface area is 177 Å². The van der Waals surface area contributed by atoms with Crippen LogP contribution in [0.25, 0.3) is 0 Å². The van der Waals surface area contributed by atoms with Gasteiger partial charge in [-0.15, -0.1) is 0 Å². The van der Waals surface area contributed by atoms with Crippen LogP contribution in [0.3, 0.4) is 0 Å². The largest absolute Gasteiger partial charge is 0.336 e. The number of carbonyl (C=O) groups excluding carboxylic acids is 2. The third-order valence-electron chi connectivity index (χ3n) is 4.85. The highest BCUT2D eigenvalue weighted by molar-refractivity contribution is 9.09. The molecule has 0 N–H and O–H groups in total. The monoisotopic (exact) mass is 460 g/mol. The Morgan fingerprint density at radius 1 is 1.28 bits per heavy atom. The van der Waals surface area contributed by atoms with E-state index in [1.165, 1.54) is 24.3 Å². The molecule has 2 aromatic rings. The van der Waals surface area contributed by atoms with Crippen molar-refractivity contribution in [2.24, 2.45) is 0 Å². The molecule has 1 aromatic carbocycles. The van der Waals surface area contributed by atoms with E-state index < -0.39 is 10.6 Å². The number of fused-ring (bicyclic) bond motifs is 1. The average molecular weight is 461 g/mol. The molecule has 0 aliphatic carbocycles. The van der Waals surface area contributed by atoms with Crippen molar-refractivity contribution in [3.05, 3.63) is 59.1 Å². The van der Waals surface area contributed by atoms with E-state index in [9.17, 15) is 14.0 Å². The molecule has 29 heavy (non-hydrogen) atoms. The topological polar surface area (TPSA) is 66.4 Å². The quantitative estimate of drug-likeness (QED) is 0.361. The second-order valence-electron chi connectivity index (χ2n) is 7.00. The van der Waals surface area contributed by atoms with Crippen molar-refractivity contribution in [2.75, 3.05) is 16.8 Å². The predicted molar refractivity (Wildman–Crippen MR) is 114 cm³/mol. The van der Waals surface area contributed by atoms with Crippen LogP contribution in [-0.2, 0) is 4.79 Å². The Bertz CT molecular complexity index is 975. The van der Waals surface area contributed by atoms with Crippen LogP contribution >= 0.6 is 15.9 Å². The van der Waals surface area contributed by atoms with Crippen LogP contribution in [0.1, 0.15) is 48.2 Å². The number of benzene rings is 1. The lowest BCUT2D eigenvalue weighted by atomic mass is 10.1. The molecule has 1 aromatic heterocycles. The molecule has 0 amide bonds. The molecule has 2 heterocycles. The van der Waals surface area contributed by atoms with Gasteiger partial charge in [-0.2, -0.15) is 0 Å². The molecule has 0 spiro atoms. The first kappa shape index (κ1) is 21.1. The maximum Gasteiger partial charge on any atom is 0.184 e. The standard InChI is InChI=1S/C21H22BrFN4O2/c1-5-15-17(11-28)26(4)16-10-24-20(25-21(16)27(15)12(2)3)18(22)19(29)13-6-8-14(23)9-7-13/h6-12,18H,5H2,1-4H3. The summed E-state index contributed by atoms with van der Waals surface area (Å²) in [4.78, 5) is 36.6. The number of allylic oxidation sites excluding steroid dienone is 2.